The number of nitrogen functional groups attached to an aromatic ring is 1. The molecule has 1 amide bonds. The summed E-state index contributed by atoms with van der Waals surface area (Å²) in [5.41, 5.74) is 6.44. The first-order valence-corrected chi connectivity index (χ1v) is 9.57. The highest BCUT2D eigenvalue weighted by molar-refractivity contribution is 6.29. The molecule has 3 rings (SSSR count). The summed E-state index contributed by atoms with van der Waals surface area (Å²) in [4.78, 5) is 14.4. The number of nitrogens with two attached hydrogens (primary N) is 1. The molecule has 1 aliphatic rings. The highest BCUT2D eigenvalue weighted by Gasteiger charge is 2.34. The number of nitrogens with zero attached hydrogens (tertiary/aromatic N) is 3. The molecule has 28 heavy (non-hydrogen) atoms. The van der Waals surface area contributed by atoms with Crippen molar-refractivity contribution in [3.63, 3.8) is 0 Å². The quantitative estimate of drug-likeness (QED) is 0.834. The molecular formula is C20H25ClN4O3. The molecule has 0 spiro atoms. The Kier molecular flexibility index (Phi) is 5.93. The fourth-order valence-electron chi connectivity index (χ4n) is 3.22. The Morgan fingerprint density at radius 3 is 2.61 bits per heavy atom. The van der Waals surface area contributed by atoms with Crippen molar-refractivity contribution in [1.29, 1.82) is 0 Å². The summed E-state index contributed by atoms with van der Waals surface area (Å²) in [6, 6.07) is 11.6. The maximum Gasteiger partial charge on any atom is 0.410 e. The summed E-state index contributed by atoms with van der Waals surface area (Å²) < 4.78 is 11.6. The molecule has 1 aliphatic heterocycles. The van der Waals surface area contributed by atoms with Gasteiger partial charge in [0.15, 0.2) is 16.7 Å². The molecule has 0 unspecified atom stereocenters. The Morgan fingerprint density at radius 1 is 1.21 bits per heavy atom. The predicted molar refractivity (Wildman–Crippen MR) is 107 cm³/mol. The third-order valence-electron chi connectivity index (χ3n) is 4.38. The van der Waals surface area contributed by atoms with E-state index in [0.29, 0.717) is 18.8 Å². The van der Waals surface area contributed by atoms with Crippen molar-refractivity contribution >= 4 is 23.5 Å². The van der Waals surface area contributed by atoms with E-state index in [0.717, 1.165) is 12.0 Å². The number of ether oxygens (including phenoxy) is 2. The maximum absolute atomic E-state index is 12.7. The molecule has 0 aliphatic carbocycles. The number of aromatic nitrogens is 2. The van der Waals surface area contributed by atoms with Gasteiger partial charge < -0.3 is 20.1 Å². The SMILES string of the molecule is CC(C)(C)OC(=O)N1C[C@H](Oc2cc(Cl)nnc2N)C[C@H](c2ccccc2)C1. The molecule has 150 valence electrons. The molecule has 1 fully saturated rings. The van der Waals surface area contributed by atoms with Crippen LogP contribution < -0.4 is 10.5 Å². The fraction of sp³-hybridized carbons (Fsp3) is 0.450. The molecule has 1 aromatic heterocycles. The van der Waals surface area contributed by atoms with Gasteiger partial charge in [-0.1, -0.05) is 41.9 Å². The Morgan fingerprint density at radius 2 is 1.93 bits per heavy atom. The van der Waals surface area contributed by atoms with Crippen LogP contribution in [0.3, 0.4) is 0 Å². The van der Waals surface area contributed by atoms with E-state index in [1.165, 1.54) is 6.07 Å². The third-order valence-corrected chi connectivity index (χ3v) is 4.57. The summed E-state index contributed by atoms with van der Waals surface area (Å²) >= 11 is 5.92. The van der Waals surface area contributed by atoms with Crippen LogP contribution in [-0.2, 0) is 4.74 Å². The van der Waals surface area contributed by atoms with E-state index < -0.39 is 5.60 Å². The van der Waals surface area contributed by atoms with Crippen molar-refractivity contribution in [3.8, 4) is 5.75 Å². The normalized spacial score (nSPS) is 19.9. The smallest absolute Gasteiger partial charge is 0.410 e. The van der Waals surface area contributed by atoms with E-state index in [-0.39, 0.29) is 29.1 Å². The number of carbonyl (C=O) groups is 1. The van der Waals surface area contributed by atoms with E-state index in [4.69, 9.17) is 26.8 Å². The number of carbonyl (C=O) groups excluding carboxylic acids is 1. The molecule has 1 aromatic carbocycles. The van der Waals surface area contributed by atoms with Gasteiger partial charge in [0, 0.05) is 18.5 Å². The van der Waals surface area contributed by atoms with Crippen molar-refractivity contribution in [2.45, 2.75) is 44.8 Å². The van der Waals surface area contributed by atoms with Crippen LogP contribution in [0.15, 0.2) is 36.4 Å². The Hall–Kier alpha value is -2.54. The lowest BCUT2D eigenvalue weighted by atomic mass is 9.89. The lowest BCUT2D eigenvalue weighted by molar-refractivity contribution is 0.00429. The van der Waals surface area contributed by atoms with E-state index in [2.05, 4.69) is 22.3 Å². The van der Waals surface area contributed by atoms with Gasteiger partial charge in [0.05, 0.1) is 6.54 Å². The maximum atomic E-state index is 12.7. The third kappa shape index (κ3) is 5.25. The molecule has 0 radical (unpaired) electrons. The number of hydrogen-bond donors (Lipinski definition) is 1. The van der Waals surface area contributed by atoms with Gasteiger partial charge in [-0.2, -0.15) is 0 Å². The van der Waals surface area contributed by atoms with Crippen LogP contribution in [0.4, 0.5) is 10.6 Å². The summed E-state index contributed by atoms with van der Waals surface area (Å²) in [5.74, 6) is 0.636. The van der Waals surface area contributed by atoms with Crippen molar-refractivity contribution in [2.24, 2.45) is 0 Å². The number of anilines is 1. The number of halogens is 1. The summed E-state index contributed by atoms with van der Waals surface area (Å²) in [5, 5.41) is 7.69. The zero-order valence-electron chi connectivity index (χ0n) is 16.3. The molecule has 0 saturated carbocycles. The van der Waals surface area contributed by atoms with Gasteiger partial charge in [0.2, 0.25) is 0 Å². The molecule has 8 heteroatoms. The monoisotopic (exact) mass is 404 g/mol. The first-order chi connectivity index (χ1) is 13.2. The number of piperidine rings is 1. The van der Waals surface area contributed by atoms with E-state index in [1.54, 1.807) is 4.90 Å². The lowest BCUT2D eigenvalue weighted by Gasteiger charge is -2.38. The minimum Gasteiger partial charge on any atom is -0.484 e. The molecular weight excluding hydrogens is 380 g/mol. The number of amides is 1. The minimum absolute atomic E-state index is 0.110. The van der Waals surface area contributed by atoms with Crippen LogP contribution in [0.25, 0.3) is 0 Å². The minimum atomic E-state index is -0.569. The zero-order valence-corrected chi connectivity index (χ0v) is 17.0. The van der Waals surface area contributed by atoms with Crippen LogP contribution in [-0.4, -0.2) is 46.0 Å². The van der Waals surface area contributed by atoms with Gasteiger partial charge in [-0.05, 0) is 32.8 Å². The zero-order chi connectivity index (χ0) is 20.3. The van der Waals surface area contributed by atoms with Gasteiger partial charge in [0.1, 0.15) is 11.7 Å². The highest BCUT2D eigenvalue weighted by atomic mass is 35.5. The second kappa shape index (κ2) is 8.22. The van der Waals surface area contributed by atoms with Crippen molar-refractivity contribution in [3.05, 3.63) is 47.1 Å². The summed E-state index contributed by atoms with van der Waals surface area (Å²) in [6.07, 6.45) is 0.0810. The number of hydrogen-bond acceptors (Lipinski definition) is 6. The second-order valence-electron chi connectivity index (χ2n) is 7.89. The van der Waals surface area contributed by atoms with Gasteiger partial charge in [0.25, 0.3) is 0 Å². The first-order valence-electron chi connectivity index (χ1n) is 9.19. The molecule has 2 aromatic rings. The summed E-state index contributed by atoms with van der Waals surface area (Å²) in [6.45, 7) is 6.50. The second-order valence-corrected chi connectivity index (χ2v) is 8.27. The molecule has 7 nitrogen and oxygen atoms in total. The Balaban J connectivity index is 1.82. The number of benzene rings is 1. The van der Waals surface area contributed by atoms with Crippen molar-refractivity contribution < 1.29 is 14.3 Å². The molecule has 1 saturated heterocycles. The Labute approximate surface area is 169 Å². The topological polar surface area (TPSA) is 90.6 Å². The van der Waals surface area contributed by atoms with Crippen molar-refractivity contribution in [2.75, 3.05) is 18.8 Å². The first kappa shape index (κ1) is 20.2. The molecule has 0 bridgehead atoms. The van der Waals surface area contributed by atoms with Crippen LogP contribution in [0.1, 0.15) is 38.7 Å². The molecule has 2 N–H and O–H groups in total. The summed E-state index contributed by atoms with van der Waals surface area (Å²) in [7, 11) is 0. The van der Waals surface area contributed by atoms with Crippen molar-refractivity contribution in [1.82, 2.24) is 15.1 Å². The standard InChI is InChI=1S/C20H25ClN4O3/c1-20(2,3)28-19(26)25-11-14(13-7-5-4-6-8-13)9-15(12-25)27-16-10-17(21)23-24-18(16)22/h4-8,10,14-15H,9,11-12H2,1-3H3,(H2,22,24)/t14-,15+/m0/s1. The van der Waals surface area contributed by atoms with Crippen LogP contribution in [0.5, 0.6) is 5.75 Å². The largest absolute Gasteiger partial charge is 0.484 e. The van der Waals surface area contributed by atoms with Gasteiger partial charge >= 0.3 is 6.09 Å². The van der Waals surface area contributed by atoms with Gasteiger partial charge in [-0.25, -0.2) is 4.79 Å². The number of likely N-dealkylation sites (tertiary alicyclic amines) is 1. The average molecular weight is 405 g/mol. The van der Waals surface area contributed by atoms with Gasteiger partial charge in [-0.15, -0.1) is 10.2 Å². The van der Waals surface area contributed by atoms with E-state index in [1.807, 2.05) is 39.0 Å². The van der Waals surface area contributed by atoms with Crippen LogP contribution in [0.2, 0.25) is 5.15 Å². The number of rotatable bonds is 3. The van der Waals surface area contributed by atoms with Gasteiger partial charge in [-0.3, -0.25) is 0 Å². The van der Waals surface area contributed by atoms with E-state index in [9.17, 15) is 4.79 Å². The predicted octanol–water partition coefficient (Wildman–Crippen LogP) is 3.88. The van der Waals surface area contributed by atoms with Crippen LogP contribution in [0, 0.1) is 0 Å². The average Bonchev–Trinajstić information content (AvgIpc) is 2.64. The fourth-order valence-corrected chi connectivity index (χ4v) is 3.35. The highest BCUT2D eigenvalue weighted by Crippen LogP contribution is 2.31. The molecule has 2 heterocycles. The lowest BCUT2D eigenvalue weighted by Crippen LogP contribution is -2.49. The molecule has 2 atom stereocenters. The Bertz CT molecular complexity index is 826. The van der Waals surface area contributed by atoms with E-state index >= 15 is 0 Å². The van der Waals surface area contributed by atoms with Crippen LogP contribution >= 0.6 is 11.6 Å².